The molecule has 0 aliphatic rings. The third-order valence-corrected chi connectivity index (χ3v) is 4.84. The molecule has 0 saturated heterocycles. The first-order chi connectivity index (χ1) is 9.72. The van der Waals surface area contributed by atoms with Crippen LogP contribution in [0.1, 0.15) is 19.4 Å². The number of sulfonamides is 1. The first-order valence-electron chi connectivity index (χ1n) is 6.72. The Morgan fingerprint density at radius 1 is 1.24 bits per heavy atom. The molecule has 0 aliphatic heterocycles. The van der Waals surface area contributed by atoms with Gasteiger partial charge in [-0.25, -0.2) is 8.42 Å². The van der Waals surface area contributed by atoms with Gasteiger partial charge in [0.15, 0.2) is 0 Å². The Morgan fingerprint density at radius 2 is 1.81 bits per heavy atom. The van der Waals surface area contributed by atoms with Crippen molar-refractivity contribution in [2.45, 2.75) is 20.8 Å². The summed E-state index contributed by atoms with van der Waals surface area (Å²) in [5.74, 6) is -0.232. The second-order valence-electron chi connectivity index (χ2n) is 4.72. The Bertz CT molecular complexity index is 613. The Morgan fingerprint density at radius 3 is 2.29 bits per heavy atom. The molecule has 0 fully saturated rings. The van der Waals surface area contributed by atoms with E-state index < -0.39 is 10.0 Å². The molecule has 0 radical (unpaired) electrons. The minimum absolute atomic E-state index is 0.221. The van der Waals surface area contributed by atoms with Crippen LogP contribution in [0.3, 0.4) is 0 Å². The number of halogens is 1. The highest BCUT2D eigenvalue weighted by Crippen LogP contribution is 2.28. The first-order valence-corrected chi connectivity index (χ1v) is 8.95. The molecule has 0 saturated carbocycles. The molecule has 1 rings (SSSR count). The molecule has 0 aliphatic carbocycles. The molecule has 118 valence electrons. The van der Waals surface area contributed by atoms with Crippen molar-refractivity contribution in [2.24, 2.45) is 0 Å². The van der Waals surface area contributed by atoms with E-state index in [4.69, 9.17) is 11.6 Å². The Labute approximate surface area is 131 Å². The van der Waals surface area contributed by atoms with Gasteiger partial charge in [-0.2, -0.15) is 0 Å². The molecule has 1 amide bonds. The minimum Gasteiger partial charge on any atom is -0.342 e. The van der Waals surface area contributed by atoms with E-state index in [1.807, 2.05) is 13.8 Å². The van der Waals surface area contributed by atoms with Crippen LogP contribution < -0.4 is 4.31 Å². The molecule has 0 aromatic heterocycles. The van der Waals surface area contributed by atoms with Crippen molar-refractivity contribution in [1.29, 1.82) is 0 Å². The summed E-state index contributed by atoms with van der Waals surface area (Å²) in [6.07, 6.45) is 1.09. The Hall–Kier alpha value is -1.27. The molecule has 0 N–H and O–H groups in total. The highest BCUT2D eigenvalue weighted by Gasteiger charge is 2.24. The van der Waals surface area contributed by atoms with E-state index in [2.05, 4.69) is 0 Å². The SMILES string of the molecule is CCN(CC)C(=O)CN(c1cccc(Cl)c1C)S(C)(=O)=O. The van der Waals surface area contributed by atoms with Gasteiger partial charge in [0.2, 0.25) is 15.9 Å². The summed E-state index contributed by atoms with van der Waals surface area (Å²) >= 11 is 6.04. The number of anilines is 1. The van der Waals surface area contributed by atoms with Gasteiger partial charge in [0, 0.05) is 18.1 Å². The summed E-state index contributed by atoms with van der Waals surface area (Å²) in [7, 11) is -3.58. The van der Waals surface area contributed by atoms with E-state index in [0.717, 1.165) is 10.6 Å². The zero-order valence-electron chi connectivity index (χ0n) is 12.8. The molecule has 1 aromatic carbocycles. The summed E-state index contributed by atoms with van der Waals surface area (Å²) in [6.45, 7) is 6.32. The number of carbonyl (C=O) groups is 1. The monoisotopic (exact) mass is 332 g/mol. The molecule has 21 heavy (non-hydrogen) atoms. The smallest absolute Gasteiger partial charge is 0.243 e. The fourth-order valence-corrected chi connectivity index (χ4v) is 3.12. The van der Waals surface area contributed by atoms with Gasteiger partial charge in [-0.05, 0) is 38.5 Å². The van der Waals surface area contributed by atoms with E-state index in [1.165, 1.54) is 0 Å². The molecule has 0 bridgehead atoms. The van der Waals surface area contributed by atoms with Crippen molar-refractivity contribution in [3.8, 4) is 0 Å². The van der Waals surface area contributed by atoms with Gasteiger partial charge in [-0.3, -0.25) is 9.10 Å². The third kappa shape index (κ3) is 4.35. The topological polar surface area (TPSA) is 57.7 Å². The number of benzene rings is 1. The van der Waals surface area contributed by atoms with Crippen LogP contribution in [0.2, 0.25) is 5.02 Å². The summed E-state index contributed by atoms with van der Waals surface area (Å²) in [6, 6.07) is 5.01. The van der Waals surface area contributed by atoms with Crippen LogP contribution in [0.4, 0.5) is 5.69 Å². The van der Waals surface area contributed by atoms with E-state index in [-0.39, 0.29) is 12.5 Å². The average Bonchev–Trinajstić information content (AvgIpc) is 2.40. The van der Waals surface area contributed by atoms with Crippen molar-refractivity contribution in [3.05, 3.63) is 28.8 Å². The highest BCUT2D eigenvalue weighted by atomic mass is 35.5. The van der Waals surface area contributed by atoms with Crippen LogP contribution in [0.15, 0.2) is 18.2 Å². The lowest BCUT2D eigenvalue weighted by atomic mass is 10.2. The highest BCUT2D eigenvalue weighted by molar-refractivity contribution is 7.92. The zero-order valence-corrected chi connectivity index (χ0v) is 14.3. The van der Waals surface area contributed by atoms with Gasteiger partial charge in [0.25, 0.3) is 0 Å². The molecule has 0 unspecified atom stereocenters. The quantitative estimate of drug-likeness (QED) is 0.803. The van der Waals surface area contributed by atoms with Gasteiger partial charge in [-0.15, -0.1) is 0 Å². The summed E-state index contributed by atoms with van der Waals surface area (Å²) in [5.41, 5.74) is 1.07. The molecular formula is C14H21ClN2O3S. The normalized spacial score (nSPS) is 11.3. The number of nitrogens with zero attached hydrogens (tertiary/aromatic N) is 2. The lowest BCUT2D eigenvalue weighted by Crippen LogP contribution is -2.42. The standard InChI is InChI=1S/C14H21ClN2O3S/c1-5-16(6-2)14(18)10-17(21(4,19)20)13-9-7-8-12(15)11(13)3/h7-9H,5-6,10H2,1-4H3. The fourth-order valence-electron chi connectivity index (χ4n) is 2.05. The molecule has 1 aromatic rings. The Kier molecular flexibility index (Phi) is 6.04. The van der Waals surface area contributed by atoms with Crippen molar-refractivity contribution in [2.75, 3.05) is 30.2 Å². The lowest BCUT2D eigenvalue weighted by molar-refractivity contribution is -0.129. The van der Waals surface area contributed by atoms with Gasteiger partial charge in [-0.1, -0.05) is 17.7 Å². The average molecular weight is 333 g/mol. The fraction of sp³-hybridized carbons (Fsp3) is 0.500. The Balaban J connectivity index is 3.20. The van der Waals surface area contributed by atoms with Crippen LogP contribution in [0, 0.1) is 6.92 Å². The van der Waals surface area contributed by atoms with Crippen LogP contribution in [0.5, 0.6) is 0 Å². The van der Waals surface area contributed by atoms with E-state index >= 15 is 0 Å². The second-order valence-corrected chi connectivity index (χ2v) is 7.03. The maximum absolute atomic E-state index is 12.2. The minimum atomic E-state index is -3.58. The first kappa shape index (κ1) is 17.8. The van der Waals surface area contributed by atoms with E-state index in [1.54, 1.807) is 30.0 Å². The molecule has 0 heterocycles. The molecular weight excluding hydrogens is 312 g/mol. The van der Waals surface area contributed by atoms with Crippen molar-refractivity contribution >= 4 is 33.2 Å². The lowest BCUT2D eigenvalue weighted by Gasteiger charge is -2.27. The van der Waals surface area contributed by atoms with Crippen LogP contribution >= 0.6 is 11.6 Å². The van der Waals surface area contributed by atoms with Gasteiger partial charge in [0.05, 0.1) is 11.9 Å². The molecule has 0 atom stereocenters. The number of carbonyl (C=O) groups excluding carboxylic acids is 1. The van der Waals surface area contributed by atoms with Gasteiger partial charge in [0.1, 0.15) is 6.54 Å². The maximum Gasteiger partial charge on any atom is 0.243 e. The van der Waals surface area contributed by atoms with Crippen molar-refractivity contribution in [1.82, 2.24) is 4.90 Å². The molecule has 7 heteroatoms. The second kappa shape index (κ2) is 7.13. The molecule has 5 nitrogen and oxygen atoms in total. The van der Waals surface area contributed by atoms with Crippen LogP contribution in [-0.2, 0) is 14.8 Å². The largest absolute Gasteiger partial charge is 0.342 e. The summed E-state index contributed by atoms with van der Waals surface area (Å²) in [4.78, 5) is 13.8. The third-order valence-electron chi connectivity index (χ3n) is 3.30. The number of rotatable bonds is 6. The van der Waals surface area contributed by atoms with Crippen LogP contribution in [0.25, 0.3) is 0 Å². The van der Waals surface area contributed by atoms with Gasteiger partial charge < -0.3 is 4.90 Å². The van der Waals surface area contributed by atoms with E-state index in [0.29, 0.717) is 29.4 Å². The van der Waals surface area contributed by atoms with Crippen molar-refractivity contribution < 1.29 is 13.2 Å². The van der Waals surface area contributed by atoms with Crippen LogP contribution in [-0.4, -0.2) is 45.1 Å². The molecule has 0 spiro atoms. The summed E-state index contributed by atoms with van der Waals surface area (Å²) in [5, 5.41) is 0.469. The van der Waals surface area contributed by atoms with Crippen molar-refractivity contribution in [3.63, 3.8) is 0 Å². The van der Waals surface area contributed by atoms with E-state index in [9.17, 15) is 13.2 Å². The summed E-state index contributed by atoms with van der Waals surface area (Å²) < 4.78 is 25.2. The zero-order chi connectivity index (χ0) is 16.2. The predicted octanol–water partition coefficient (Wildman–Crippen LogP) is 2.28. The number of amides is 1. The maximum atomic E-state index is 12.2. The number of hydrogen-bond donors (Lipinski definition) is 0. The number of likely N-dealkylation sites (N-methyl/N-ethyl adjacent to an activating group) is 1. The number of hydrogen-bond acceptors (Lipinski definition) is 3. The predicted molar refractivity (Wildman–Crippen MR) is 86.3 cm³/mol. The van der Waals surface area contributed by atoms with Gasteiger partial charge >= 0.3 is 0 Å².